The standard InChI is InChI=1S/C21H44O/c1-5-6-7-8-9-10-11-12-13-14-15-16-17-18-19-20(2)21(3,4)22/h20,22H,5-19H2,1-4H3. The molecule has 0 fully saturated rings. The van der Waals surface area contributed by atoms with Crippen molar-refractivity contribution in [1.29, 1.82) is 0 Å². The average Bonchev–Trinajstić information content (AvgIpc) is 2.46. The van der Waals surface area contributed by atoms with Gasteiger partial charge < -0.3 is 5.11 Å². The van der Waals surface area contributed by atoms with Crippen molar-refractivity contribution in [3.63, 3.8) is 0 Å². The summed E-state index contributed by atoms with van der Waals surface area (Å²) in [5, 5.41) is 9.89. The van der Waals surface area contributed by atoms with Crippen molar-refractivity contribution >= 4 is 0 Å². The van der Waals surface area contributed by atoms with Crippen LogP contribution in [0.1, 0.15) is 124 Å². The van der Waals surface area contributed by atoms with E-state index in [1.165, 1.54) is 96.3 Å². The summed E-state index contributed by atoms with van der Waals surface area (Å²) in [5.41, 5.74) is -0.503. The number of aliphatic hydroxyl groups is 1. The van der Waals surface area contributed by atoms with Crippen LogP contribution in [0.4, 0.5) is 0 Å². The first-order chi connectivity index (χ1) is 10.5. The van der Waals surface area contributed by atoms with Gasteiger partial charge in [-0.25, -0.2) is 0 Å². The predicted molar refractivity (Wildman–Crippen MR) is 100 cm³/mol. The normalized spacial score (nSPS) is 13.5. The van der Waals surface area contributed by atoms with Gasteiger partial charge >= 0.3 is 0 Å². The fraction of sp³-hybridized carbons (Fsp3) is 1.00. The molecule has 0 radical (unpaired) electrons. The Hall–Kier alpha value is -0.0400. The predicted octanol–water partition coefficient (Wildman–Crippen LogP) is 7.26. The molecular formula is C21H44O. The Kier molecular flexibility index (Phi) is 14.5. The third-order valence-electron chi connectivity index (χ3n) is 5.20. The average molecular weight is 313 g/mol. The van der Waals surface area contributed by atoms with Gasteiger partial charge in [-0.3, -0.25) is 0 Å². The van der Waals surface area contributed by atoms with Crippen molar-refractivity contribution in [2.45, 2.75) is 130 Å². The zero-order valence-electron chi connectivity index (χ0n) is 16.1. The summed E-state index contributed by atoms with van der Waals surface area (Å²) in [6.07, 6.45) is 21.0. The lowest BCUT2D eigenvalue weighted by Gasteiger charge is -2.25. The Labute approximate surface area is 141 Å². The molecule has 1 heteroatoms. The molecule has 1 atom stereocenters. The van der Waals surface area contributed by atoms with Gasteiger partial charge in [0.05, 0.1) is 5.60 Å². The minimum atomic E-state index is -0.503. The second kappa shape index (κ2) is 14.5. The van der Waals surface area contributed by atoms with Gasteiger partial charge in [0.25, 0.3) is 0 Å². The van der Waals surface area contributed by atoms with Crippen LogP contribution in [0.15, 0.2) is 0 Å². The zero-order valence-corrected chi connectivity index (χ0v) is 16.1. The summed E-state index contributed by atoms with van der Waals surface area (Å²) in [6, 6.07) is 0. The lowest BCUT2D eigenvalue weighted by atomic mass is 9.88. The van der Waals surface area contributed by atoms with E-state index in [1.54, 1.807) is 0 Å². The SMILES string of the molecule is CCCCCCCCCCCCCCCCC(C)C(C)(C)O. The van der Waals surface area contributed by atoms with Gasteiger partial charge in [-0.1, -0.05) is 104 Å². The van der Waals surface area contributed by atoms with Crippen molar-refractivity contribution in [2.24, 2.45) is 5.92 Å². The smallest absolute Gasteiger partial charge is 0.0617 e. The fourth-order valence-corrected chi connectivity index (χ4v) is 3.00. The lowest BCUT2D eigenvalue weighted by Crippen LogP contribution is -2.28. The van der Waals surface area contributed by atoms with E-state index in [0.29, 0.717) is 5.92 Å². The molecule has 0 rings (SSSR count). The van der Waals surface area contributed by atoms with E-state index in [1.807, 2.05) is 13.8 Å². The molecule has 22 heavy (non-hydrogen) atoms. The van der Waals surface area contributed by atoms with Crippen LogP contribution in [0.25, 0.3) is 0 Å². The molecule has 0 spiro atoms. The number of hydrogen-bond acceptors (Lipinski definition) is 1. The monoisotopic (exact) mass is 312 g/mol. The van der Waals surface area contributed by atoms with Crippen LogP contribution in [0, 0.1) is 5.92 Å². The Morgan fingerprint density at radius 3 is 1.27 bits per heavy atom. The van der Waals surface area contributed by atoms with Crippen LogP contribution in [0.5, 0.6) is 0 Å². The van der Waals surface area contributed by atoms with E-state index in [0.717, 1.165) is 0 Å². The quantitative estimate of drug-likeness (QED) is 0.297. The van der Waals surface area contributed by atoms with Gasteiger partial charge in [0, 0.05) is 0 Å². The summed E-state index contributed by atoms with van der Waals surface area (Å²) in [5.74, 6) is 0.421. The van der Waals surface area contributed by atoms with Gasteiger partial charge in [0.1, 0.15) is 0 Å². The van der Waals surface area contributed by atoms with Crippen molar-refractivity contribution < 1.29 is 5.11 Å². The van der Waals surface area contributed by atoms with Crippen LogP contribution in [0.2, 0.25) is 0 Å². The molecule has 0 bridgehead atoms. The summed E-state index contributed by atoms with van der Waals surface area (Å²) in [4.78, 5) is 0. The van der Waals surface area contributed by atoms with E-state index in [9.17, 15) is 5.11 Å². The van der Waals surface area contributed by atoms with Gasteiger partial charge in [-0.05, 0) is 26.2 Å². The highest BCUT2D eigenvalue weighted by atomic mass is 16.3. The summed E-state index contributed by atoms with van der Waals surface area (Å²) in [7, 11) is 0. The molecular weight excluding hydrogens is 268 g/mol. The molecule has 0 aromatic carbocycles. The van der Waals surface area contributed by atoms with E-state index < -0.39 is 5.60 Å². The molecule has 0 aromatic rings. The van der Waals surface area contributed by atoms with E-state index in [4.69, 9.17) is 0 Å². The molecule has 1 unspecified atom stereocenters. The number of unbranched alkanes of at least 4 members (excludes halogenated alkanes) is 13. The van der Waals surface area contributed by atoms with Gasteiger partial charge in [0.2, 0.25) is 0 Å². The van der Waals surface area contributed by atoms with Gasteiger partial charge in [0.15, 0.2) is 0 Å². The molecule has 0 heterocycles. The van der Waals surface area contributed by atoms with Crippen molar-refractivity contribution in [3.05, 3.63) is 0 Å². The van der Waals surface area contributed by atoms with Crippen LogP contribution in [-0.2, 0) is 0 Å². The summed E-state index contributed by atoms with van der Waals surface area (Å²) in [6.45, 7) is 8.32. The van der Waals surface area contributed by atoms with Crippen molar-refractivity contribution in [1.82, 2.24) is 0 Å². The molecule has 0 amide bonds. The summed E-state index contributed by atoms with van der Waals surface area (Å²) < 4.78 is 0. The highest BCUT2D eigenvalue weighted by Crippen LogP contribution is 2.22. The molecule has 0 aliphatic heterocycles. The van der Waals surface area contributed by atoms with Gasteiger partial charge in [-0.2, -0.15) is 0 Å². The second-order valence-electron chi connectivity index (χ2n) is 7.94. The minimum Gasteiger partial charge on any atom is -0.390 e. The molecule has 0 aliphatic carbocycles. The van der Waals surface area contributed by atoms with E-state index in [-0.39, 0.29) is 0 Å². The molecule has 1 N–H and O–H groups in total. The second-order valence-corrected chi connectivity index (χ2v) is 7.94. The Bertz CT molecular complexity index is 216. The molecule has 1 nitrogen and oxygen atoms in total. The number of rotatable bonds is 16. The number of hydrogen-bond donors (Lipinski definition) is 1. The zero-order chi connectivity index (χ0) is 16.7. The van der Waals surface area contributed by atoms with Crippen LogP contribution < -0.4 is 0 Å². The maximum atomic E-state index is 9.89. The molecule has 134 valence electrons. The minimum absolute atomic E-state index is 0.421. The molecule has 0 saturated carbocycles. The Balaban J connectivity index is 3.12. The first-order valence-corrected chi connectivity index (χ1v) is 10.2. The Morgan fingerprint density at radius 1 is 0.636 bits per heavy atom. The highest BCUT2D eigenvalue weighted by molar-refractivity contribution is 4.73. The first-order valence-electron chi connectivity index (χ1n) is 10.2. The van der Waals surface area contributed by atoms with Crippen molar-refractivity contribution in [2.75, 3.05) is 0 Å². The molecule has 0 aromatic heterocycles. The maximum Gasteiger partial charge on any atom is 0.0617 e. The summed E-state index contributed by atoms with van der Waals surface area (Å²) >= 11 is 0. The highest BCUT2D eigenvalue weighted by Gasteiger charge is 2.21. The fourth-order valence-electron chi connectivity index (χ4n) is 3.00. The van der Waals surface area contributed by atoms with Crippen molar-refractivity contribution in [3.8, 4) is 0 Å². The van der Waals surface area contributed by atoms with Crippen LogP contribution >= 0.6 is 0 Å². The van der Waals surface area contributed by atoms with Crippen LogP contribution in [-0.4, -0.2) is 10.7 Å². The van der Waals surface area contributed by atoms with E-state index in [2.05, 4.69) is 13.8 Å². The largest absolute Gasteiger partial charge is 0.390 e. The van der Waals surface area contributed by atoms with Gasteiger partial charge in [-0.15, -0.1) is 0 Å². The third kappa shape index (κ3) is 14.9. The maximum absolute atomic E-state index is 9.89. The molecule has 0 aliphatic rings. The topological polar surface area (TPSA) is 20.2 Å². The Morgan fingerprint density at radius 2 is 0.955 bits per heavy atom. The van der Waals surface area contributed by atoms with Crippen LogP contribution in [0.3, 0.4) is 0 Å². The lowest BCUT2D eigenvalue weighted by molar-refractivity contribution is 0.0203. The van der Waals surface area contributed by atoms with E-state index >= 15 is 0 Å². The third-order valence-corrected chi connectivity index (χ3v) is 5.20. The molecule has 0 saturated heterocycles. The first kappa shape index (κ1) is 22.0.